The van der Waals surface area contributed by atoms with Gasteiger partial charge in [0.15, 0.2) is 0 Å². The van der Waals surface area contributed by atoms with Gasteiger partial charge in [0.2, 0.25) is 0 Å². The Morgan fingerprint density at radius 3 is 2.25 bits per heavy atom. The normalized spacial score (nSPS) is 47.9. The largest absolute Gasteiger partial charge is 0.480 e. The second-order valence-electron chi connectivity index (χ2n) is 18.6. The summed E-state index contributed by atoms with van der Waals surface area (Å²) >= 11 is 0. The second kappa shape index (κ2) is 11.2. The first kappa shape index (κ1) is 34.4. The summed E-state index contributed by atoms with van der Waals surface area (Å²) in [7, 11) is 0. The number of carboxylic acid groups (broad SMARTS) is 1. The minimum atomic E-state index is -1.08. The number of aliphatic carboxylic acids is 1. The molecule has 270 valence electrons. The van der Waals surface area contributed by atoms with Gasteiger partial charge in [-0.05, 0) is 111 Å². The first-order valence-corrected chi connectivity index (χ1v) is 18.9. The zero-order chi connectivity index (χ0) is 34.8. The van der Waals surface area contributed by atoms with Gasteiger partial charge in [0, 0.05) is 23.9 Å². The number of carbonyl (C=O) groups excluding carboxylic acids is 2. The molecule has 0 aromatic heterocycles. The number of alkyl carbamates (subject to hydrolysis) is 1. The number of likely N-dealkylation sites (tertiary alicyclic amines) is 1. The molecule has 5 saturated carbocycles. The van der Waals surface area contributed by atoms with Gasteiger partial charge >= 0.3 is 18.2 Å². The zero-order valence-corrected chi connectivity index (χ0v) is 30.4. The number of carboxylic acids is 1. The molecule has 2 heterocycles. The molecule has 0 bridgehead atoms. The van der Waals surface area contributed by atoms with E-state index >= 15 is 0 Å². The Morgan fingerprint density at radius 1 is 0.958 bits per heavy atom. The van der Waals surface area contributed by atoms with Crippen LogP contribution >= 0.6 is 0 Å². The molecule has 2 saturated heterocycles. The molecular weight excluding hydrogens is 612 g/mol. The Morgan fingerprint density at radius 2 is 1.62 bits per heavy atom. The molecular formula is C38H60N2O8. The number of carbonyl (C=O) groups is 3. The molecule has 14 atom stereocenters. The highest BCUT2D eigenvalue weighted by Crippen LogP contribution is 2.89. The summed E-state index contributed by atoms with van der Waals surface area (Å²) < 4.78 is 19.1. The van der Waals surface area contributed by atoms with Crippen molar-refractivity contribution in [3.8, 4) is 0 Å². The van der Waals surface area contributed by atoms with Gasteiger partial charge in [0.25, 0.3) is 0 Å². The van der Waals surface area contributed by atoms with Gasteiger partial charge in [-0.15, -0.1) is 0 Å². The van der Waals surface area contributed by atoms with Crippen LogP contribution < -0.4 is 5.32 Å². The van der Waals surface area contributed by atoms with Crippen molar-refractivity contribution < 1.29 is 38.8 Å². The van der Waals surface area contributed by atoms with Crippen molar-refractivity contribution >= 4 is 18.2 Å². The SMILES string of the molecule is CC(C)[C@@H](OC(=O)N1CCC1)C1C[C@@H](C)C2C(O1)[C@H](O)[C@@]1(C)C3CC[C@H]4C(C)(C)[C@@H](OC(=O)N[C@@H](C)C(=O)O)CCC45CC35CC[C@]21C. The standard InChI is InChI=1S/C38H60N2O8/c1-20(2)28(48-33(45)40-16-9-17-40)23-18-21(3)27-29(46-23)30(41)36(8)25-11-10-24-34(5,6)26(47-32(44)39-22(4)31(42)43)12-13-37(24)19-38(25,37)15-14-35(27,36)7/h20-30,41H,9-19H2,1-8H3,(H,39,44)(H,42,43)/t21-,22+,23?,24+,25?,26+,27?,28-,29?,30+,35-,36-,37?,38?/m1/s1. The summed E-state index contributed by atoms with van der Waals surface area (Å²) in [5.74, 6) is 0.372. The van der Waals surface area contributed by atoms with Crippen LogP contribution in [0.3, 0.4) is 0 Å². The van der Waals surface area contributed by atoms with E-state index in [0.717, 1.165) is 64.5 Å². The van der Waals surface area contributed by atoms with E-state index in [4.69, 9.17) is 14.2 Å². The van der Waals surface area contributed by atoms with Gasteiger partial charge in [-0.25, -0.2) is 9.59 Å². The first-order valence-electron chi connectivity index (χ1n) is 18.9. The molecule has 2 amide bonds. The molecule has 5 aliphatic carbocycles. The van der Waals surface area contributed by atoms with Crippen molar-refractivity contribution in [2.45, 2.75) is 150 Å². The summed E-state index contributed by atoms with van der Waals surface area (Å²) in [4.78, 5) is 38.7. The molecule has 7 rings (SSSR count). The molecule has 0 aromatic carbocycles. The van der Waals surface area contributed by atoms with E-state index in [0.29, 0.717) is 17.8 Å². The molecule has 10 heteroatoms. The van der Waals surface area contributed by atoms with E-state index < -0.39 is 24.2 Å². The van der Waals surface area contributed by atoms with Crippen LogP contribution in [0, 0.1) is 56.7 Å². The Bertz CT molecular complexity index is 1330. The summed E-state index contributed by atoms with van der Waals surface area (Å²) in [6.07, 6.45) is 6.43. The highest BCUT2D eigenvalue weighted by molar-refractivity contribution is 5.79. The summed E-state index contributed by atoms with van der Waals surface area (Å²) in [6.45, 7) is 18.8. The van der Waals surface area contributed by atoms with Crippen molar-refractivity contribution in [1.82, 2.24) is 10.2 Å². The highest BCUT2D eigenvalue weighted by atomic mass is 16.6. The Labute approximate surface area is 286 Å². The van der Waals surface area contributed by atoms with E-state index in [1.165, 1.54) is 13.3 Å². The maximum atomic E-state index is 12.9. The highest BCUT2D eigenvalue weighted by Gasteiger charge is 2.84. The summed E-state index contributed by atoms with van der Waals surface area (Å²) in [6, 6.07) is -1.00. The fraction of sp³-hybridized carbons (Fsp3) is 0.921. The molecule has 48 heavy (non-hydrogen) atoms. The molecule has 2 aliphatic heterocycles. The minimum absolute atomic E-state index is 0.0651. The van der Waals surface area contributed by atoms with Crippen LogP contribution in [-0.2, 0) is 19.0 Å². The smallest absolute Gasteiger partial charge is 0.410 e. The van der Waals surface area contributed by atoms with E-state index in [2.05, 4.69) is 53.8 Å². The lowest BCUT2D eigenvalue weighted by Crippen LogP contribution is -2.60. The van der Waals surface area contributed by atoms with Gasteiger partial charge in [-0.3, -0.25) is 4.79 Å². The van der Waals surface area contributed by atoms with E-state index in [1.807, 2.05) is 0 Å². The van der Waals surface area contributed by atoms with E-state index in [9.17, 15) is 24.6 Å². The number of ether oxygens (including phenoxy) is 3. The predicted molar refractivity (Wildman–Crippen MR) is 178 cm³/mol. The fourth-order valence-electron chi connectivity index (χ4n) is 13.5. The van der Waals surface area contributed by atoms with Crippen molar-refractivity contribution in [1.29, 1.82) is 0 Å². The maximum absolute atomic E-state index is 12.9. The predicted octanol–water partition coefficient (Wildman–Crippen LogP) is 6.23. The lowest BCUT2D eigenvalue weighted by atomic mass is 9.41. The molecule has 0 aromatic rings. The van der Waals surface area contributed by atoms with Gasteiger partial charge in [-0.1, -0.05) is 48.5 Å². The number of amides is 2. The van der Waals surface area contributed by atoms with E-state index in [-0.39, 0.29) is 69.4 Å². The lowest BCUT2D eigenvalue weighted by molar-refractivity contribution is -0.185. The third-order valence-electron chi connectivity index (χ3n) is 16.1. The maximum Gasteiger partial charge on any atom is 0.410 e. The third kappa shape index (κ3) is 4.51. The average molecular weight is 673 g/mol. The summed E-state index contributed by atoms with van der Waals surface area (Å²) in [5, 5.41) is 24.3. The Kier molecular flexibility index (Phi) is 8.03. The Hall–Kier alpha value is -2.07. The molecule has 2 spiro atoms. The van der Waals surface area contributed by atoms with Crippen LogP contribution in [0.25, 0.3) is 0 Å². The monoisotopic (exact) mass is 672 g/mol. The topological polar surface area (TPSA) is 135 Å². The van der Waals surface area contributed by atoms with Gasteiger partial charge in [0.05, 0.1) is 18.3 Å². The minimum Gasteiger partial charge on any atom is -0.480 e. The van der Waals surface area contributed by atoms with Crippen molar-refractivity contribution in [3.05, 3.63) is 0 Å². The van der Waals surface area contributed by atoms with Crippen LogP contribution in [0.1, 0.15) is 113 Å². The third-order valence-corrected chi connectivity index (χ3v) is 16.1. The number of nitrogens with zero attached hydrogens (tertiary/aromatic N) is 1. The average Bonchev–Trinajstić information content (AvgIpc) is 3.61. The molecule has 7 fully saturated rings. The van der Waals surface area contributed by atoms with Gasteiger partial charge < -0.3 is 34.6 Å². The molecule has 10 nitrogen and oxygen atoms in total. The lowest BCUT2D eigenvalue weighted by Gasteiger charge is -2.63. The zero-order valence-electron chi connectivity index (χ0n) is 30.4. The number of rotatable bonds is 6. The van der Waals surface area contributed by atoms with Crippen LogP contribution in [0.4, 0.5) is 9.59 Å². The first-order chi connectivity index (χ1) is 22.4. The van der Waals surface area contributed by atoms with Crippen molar-refractivity contribution in [2.24, 2.45) is 56.7 Å². The van der Waals surface area contributed by atoms with Crippen LogP contribution in [0.5, 0.6) is 0 Å². The van der Waals surface area contributed by atoms with Crippen LogP contribution in [0.15, 0.2) is 0 Å². The molecule has 0 radical (unpaired) electrons. The molecule has 3 N–H and O–H groups in total. The number of fused-ring (bicyclic) bond motifs is 4. The van der Waals surface area contributed by atoms with Gasteiger partial charge in [0.1, 0.15) is 18.2 Å². The molecule has 7 aliphatic rings. The number of aliphatic hydroxyl groups is 1. The van der Waals surface area contributed by atoms with Crippen LogP contribution in [-0.4, -0.2) is 82.9 Å². The van der Waals surface area contributed by atoms with Crippen molar-refractivity contribution in [3.63, 3.8) is 0 Å². The Balaban J connectivity index is 1.11. The number of hydrogen-bond donors (Lipinski definition) is 3. The summed E-state index contributed by atoms with van der Waals surface area (Å²) in [5.41, 5.74) is -0.277. The van der Waals surface area contributed by atoms with E-state index in [1.54, 1.807) is 4.90 Å². The van der Waals surface area contributed by atoms with Gasteiger partial charge in [-0.2, -0.15) is 0 Å². The number of aliphatic hydroxyl groups excluding tert-OH is 1. The van der Waals surface area contributed by atoms with Crippen molar-refractivity contribution in [2.75, 3.05) is 13.1 Å². The number of nitrogens with one attached hydrogen (secondary N) is 1. The second-order valence-corrected chi connectivity index (χ2v) is 18.6. The number of hydrogen-bond acceptors (Lipinski definition) is 7. The fourth-order valence-corrected chi connectivity index (χ4v) is 13.5. The quantitative estimate of drug-likeness (QED) is 0.302. The molecule has 6 unspecified atom stereocenters. The van der Waals surface area contributed by atoms with Crippen LogP contribution in [0.2, 0.25) is 0 Å².